The summed E-state index contributed by atoms with van der Waals surface area (Å²) in [6.07, 6.45) is 0. The number of hydrogen-bond donors (Lipinski definition) is 1. The number of halogens is 1. The Labute approximate surface area is 121 Å². The molecule has 1 amide bonds. The molecule has 5 heteroatoms. The van der Waals surface area contributed by atoms with E-state index in [2.05, 4.69) is 5.32 Å². The van der Waals surface area contributed by atoms with Gasteiger partial charge < -0.3 is 10.1 Å². The second-order valence-electron chi connectivity index (χ2n) is 4.38. The molecule has 0 fully saturated rings. The minimum Gasteiger partial charge on any atom is -0.479 e. The van der Waals surface area contributed by atoms with Crippen LogP contribution in [0.4, 0.5) is 10.1 Å². The first-order valence-corrected chi connectivity index (χ1v) is 6.27. The number of aryl methyl sites for hydroxylation is 1. The first-order chi connectivity index (χ1) is 10.1. The van der Waals surface area contributed by atoms with E-state index in [0.717, 1.165) is 0 Å². The maximum absolute atomic E-state index is 13.0. The number of nitrogens with one attached hydrogen (secondary N) is 1. The average Bonchev–Trinajstić information content (AvgIpc) is 2.46. The number of amides is 1. The lowest BCUT2D eigenvalue weighted by molar-refractivity contribution is 0.102. The Balaban J connectivity index is 2.07. The third-order valence-electron chi connectivity index (χ3n) is 2.85. The highest BCUT2D eigenvalue weighted by atomic mass is 19.1. The van der Waals surface area contributed by atoms with Crippen molar-refractivity contribution in [3.63, 3.8) is 0 Å². The van der Waals surface area contributed by atoms with Crippen LogP contribution >= 0.6 is 0 Å². The lowest BCUT2D eigenvalue weighted by Gasteiger charge is -2.08. The number of nitrogens with zero attached hydrogens (tertiary/aromatic N) is 1. The molecular weight excluding hydrogens is 271 g/mol. The summed E-state index contributed by atoms with van der Waals surface area (Å²) in [7, 11) is 0. The van der Waals surface area contributed by atoms with Crippen molar-refractivity contribution in [2.75, 3.05) is 11.9 Å². The van der Waals surface area contributed by atoms with Crippen LogP contribution in [-0.4, -0.2) is 12.5 Å². The van der Waals surface area contributed by atoms with Crippen molar-refractivity contribution in [1.29, 1.82) is 5.26 Å². The Morgan fingerprint density at radius 1 is 1.29 bits per heavy atom. The summed E-state index contributed by atoms with van der Waals surface area (Å²) in [6.45, 7) is 1.65. The van der Waals surface area contributed by atoms with Crippen molar-refractivity contribution in [3.05, 3.63) is 59.4 Å². The van der Waals surface area contributed by atoms with Crippen LogP contribution < -0.4 is 10.1 Å². The van der Waals surface area contributed by atoms with E-state index in [4.69, 9.17) is 10.00 Å². The van der Waals surface area contributed by atoms with Gasteiger partial charge in [0.15, 0.2) is 6.61 Å². The highest BCUT2D eigenvalue weighted by molar-refractivity contribution is 6.05. The Bertz CT molecular complexity index is 690. The Hall–Kier alpha value is -2.87. The van der Waals surface area contributed by atoms with Gasteiger partial charge in [0.25, 0.3) is 5.91 Å². The zero-order chi connectivity index (χ0) is 15.2. The molecule has 2 rings (SSSR count). The van der Waals surface area contributed by atoms with Crippen LogP contribution in [0, 0.1) is 24.1 Å². The molecule has 106 valence electrons. The molecule has 0 bridgehead atoms. The van der Waals surface area contributed by atoms with Gasteiger partial charge in [0.05, 0.1) is 0 Å². The van der Waals surface area contributed by atoms with E-state index in [1.165, 1.54) is 18.2 Å². The quantitative estimate of drug-likeness (QED) is 0.937. The first kappa shape index (κ1) is 14.5. The maximum Gasteiger partial charge on any atom is 0.255 e. The molecule has 2 aromatic carbocycles. The van der Waals surface area contributed by atoms with Crippen molar-refractivity contribution in [1.82, 2.24) is 0 Å². The van der Waals surface area contributed by atoms with Gasteiger partial charge in [-0.1, -0.05) is 0 Å². The van der Waals surface area contributed by atoms with Gasteiger partial charge in [-0.05, 0) is 55.0 Å². The molecule has 21 heavy (non-hydrogen) atoms. The molecular formula is C16H13FN2O2. The summed E-state index contributed by atoms with van der Waals surface area (Å²) < 4.78 is 18.1. The zero-order valence-electron chi connectivity index (χ0n) is 11.4. The molecule has 0 aliphatic heterocycles. The van der Waals surface area contributed by atoms with E-state index >= 15 is 0 Å². The molecule has 0 aliphatic carbocycles. The number of benzene rings is 2. The Morgan fingerprint density at radius 3 is 2.62 bits per heavy atom. The van der Waals surface area contributed by atoms with Gasteiger partial charge in [-0.3, -0.25) is 4.79 Å². The van der Waals surface area contributed by atoms with Crippen LogP contribution in [0.15, 0.2) is 42.5 Å². The van der Waals surface area contributed by atoms with Gasteiger partial charge in [-0.25, -0.2) is 4.39 Å². The minimum atomic E-state index is -0.372. The minimum absolute atomic E-state index is 0.0273. The summed E-state index contributed by atoms with van der Waals surface area (Å²) >= 11 is 0. The van der Waals surface area contributed by atoms with Gasteiger partial charge >= 0.3 is 0 Å². The number of nitriles is 1. The molecule has 0 atom stereocenters. The number of rotatable bonds is 4. The molecule has 0 saturated carbocycles. The molecule has 0 unspecified atom stereocenters. The van der Waals surface area contributed by atoms with Crippen molar-refractivity contribution < 1.29 is 13.9 Å². The third-order valence-corrected chi connectivity index (χ3v) is 2.85. The topological polar surface area (TPSA) is 62.1 Å². The smallest absolute Gasteiger partial charge is 0.255 e. The van der Waals surface area contributed by atoms with Crippen LogP contribution in [0.3, 0.4) is 0 Å². The van der Waals surface area contributed by atoms with E-state index in [0.29, 0.717) is 22.6 Å². The van der Waals surface area contributed by atoms with Gasteiger partial charge in [0.1, 0.15) is 17.6 Å². The maximum atomic E-state index is 13.0. The molecule has 4 nitrogen and oxygen atoms in total. The number of anilines is 1. The zero-order valence-corrected chi connectivity index (χ0v) is 11.4. The highest BCUT2D eigenvalue weighted by Gasteiger charge is 2.10. The van der Waals surface area contributed by atoms with Crippen LogP contribution in [0.25, 0.3) is 0 Å². The standard InChI is InChI=1S/C16H13FN2O2/c1-11-10-12(17)2-7-15(11)16(20)19-13-3-5-14(6-4-13)21-9-8-18/h2-7,10H,9H2,1H3,(H,19,20). The van der Waals surface area contributed by atoms with Crippen LogP contribution in [0.5, 0.6) is 5.75 Å². The molecule has 0 heterocycles. The lowest BCUT2D eigenvalue weighted by Crippen LogP contribution is -2.13. The normalized spacial score (nSPS) is 9.76. The monoisotopic (exact) mass is 284 g/mol. The van der Waals surface area contributed by atoms with Crippen LogP contribution in [0.1, 0.15) is 15.9 Å². The fourth-order valence-electron chi connectivity index (χ4n) is 1.83. The number of carbonyl (C=O) groups excluding carboxylic acids is 1. The summed E-state index contributed by atoms with van der Waals surface area (Å²) in [5.41, 5.74) is 1.58. The van der Waals surface area contributed by atoms with Crippen molar-refractivity contribution in [2.45, 2.75) is 6.92 Å². The number of ether oxygens (including phenoxy) is 1. The largest absolute Gasteiger partial charge is 0.479 e. The predicted octanol–water partition coefficient (Wildman–Crippen LogP) is 3.29. The van der Waals surface area contributed by atoms with Crippen molar-refractivity contribution >= 4 is 11.6 Å². The van der Waals surface area contributed by atoms with Crippen molar-refractivity contribution in [3.8, 4) is 11.8 Å². The molecule has 0 aliphatic rings. The highest BCUT2D eigenvalue weighted by Crippen LogP contribution is 2.17. The van der Waals surface area contributed by atoms with E-state index in [9.17, 15) is 9.18 Å². The van der Waals surface area contributed by atoms with Crippen LogP contribution in [0.2, 0.25) is 0 Å². The lowest BCUT2D eigenvalue weighted by atomic mass is 10.1. The second kappa shape index (κ2) is 6.53. The van der Waals surface area contributed by atoms with Gasteiger partial charge in [-0.2, -0.15) is 5.26 Å². The van der Waals surface area contributed by atoms with Gasteiger partial charge in [0, 0.05) is 11.3 Å². The molecule has 0 spiro atoms. The van der Waals surface area contributed by atoms with E-state index in [-0.39, 0.29) is 18.3 Å². The van der Waals surface area contributed by atoms with E-state index < -0.39 is 0 Å². The Morgan fingerprint density at radius 2 is 2.00 bits per heavy atom. The van der Waals surface area contributed by atoms with E-state index in [1.54, 1.807) is 31.2 Å². The molecule has 0 aromatic heterocycles. The summed E-state index contributed by atoms with van der Waals surface area (Å²) in [4.78, 5) is 12.1. The SMILES string of the molecule is Cc1cc(F)ccc1C(=O)Nc1ccc(OCC#N)cc1. The van der Waals surface area contributed by atoms with E-state index in [1.807, 2.05) is 6.07 Å². The predicted molar refractivity (Wildman–Crippen MR) is 76.6 cm³/mol. The number of carbonyl (C=O) groups is 1. The molecule has 2 aromatic rings. The average molecular weight is 284 g/mol. The Kier molecular flexibility index (Phi) is 4.52. The van der Waals surface area contributed by atoms with Gasteiger partial charge in [0.2, 0.25) is 0 Å². The first-order valence-electron chi connectivity index (χ1n) is 6.27. The molecule has 0 saturated heterocycles. The molecule has 0 radical (unpaired) electrons. The fourth-order valence-corrected chi connectivity index (χ4v) is 1.83. The number of hydrogen-bond acceptors (Lipinski definition) is 3. The van der Waals surface area contributed by atoms with Crippen molar-refractivity contribution in [2.24, 2.45) is 0 Å². The fraction of sp³-hybridized carbons (Fsp3) is 0.125. The van der Waals surface area contributed by atoms with Gasteiger partial charge in [-0.15, -0.1) is 0 Å². The summed E-state index contributed by atoms with van der Waals surface area (Å²) in [6, 6.07) is 12.5. The second-order valence-corrected chi connectivity index (χ2v) is 4.38. The summed E-state index contributed by atoms with van der Waals surface area (Å²) in [5, 5.41) is 11.1. The summed E-state index contributed by atoms with van der Waals surface area (Å²) in [5.74, 6) is -0.131. The van der Waals surface area contributed by atoms with Crippen LogP contribution in [-0.2, 0) is 0 Å². The third kappa shape index (κ3) is 3.80. The molecule has 1 N–H and O–H groups in total.